The number of nitrogens with one attached hydrogen (secondary N) is 1. The minimum atomic E-state index is 0.771. The molecule has 0 saturated carbocycles. The molecule has 0 spiro atoms. The van der Waals surface area contributed by atoms with Crippen molar-refractivity contribution in [1.29, 1.82) is 0 Å². The van der Waals surface area contributed by atoms with Crippen molar-refractivity contribution in [3.8, 4) is 0 Å². The van der Waals surface area contributed by atoms with Crippen molar-refractivity contribution in [3.63, 3.8) is 0 Å². The molecule has 1 rings (SSSR count). The van der Waals surface area contributed by atoms with Crippen LogP contribution in [0.3, 0.4) is 0 Å². The van der Waals surface area contributed by atoms with Crippen molar-refractivity contribution in [3.05, 3.63) is 35.9 Å². The maximum Gasteiger partial charge on any atom is -0.00204 e. The molecule has 0 aliphatic carbocycles. The van der Waals surface area contributed by atoms with Crippen molar-refractivity contribution < 1.29 is 0 Å². The van der Waals surface area contributed by atoms with Gasteiger partial charge in [-0.05, 0) is 31.5 Å². The van der Waals surface area contributed by atoms with Gasteiger partial charge in [0.15, 0.2) is 0 Å². The molecular weight excluding hydrogens is 158 g/mol. The summed E-state index contributed by atoms with van der Waals surface area (Å²) >= 11 is 0. The van der Waals surface area contributed by atoms with Gasteiger partial charge in [0.1, 0.15) is 0 Å². The van der Waals surface area contributed by atoms with E-state index in [1.54, 1.807) is 0 Å². The first-order chi connectivity index (χ1) is 6.36. The molecule has 0 saturated heterocycles. The molecule has 1 atom stereocenters. The largest absolute Gasteiger partial charge is 0.319 e. The Labute approximate surface area is 81.2 Å². The first-order valence-corrected chi connectivity index (χ1v) is 5.05. The van der Waals surface area contributed by atoms with Crippen molar-refractivity contribution in [1.82, 2.24) is 5.32 Å². The fourth-order valence-corrected chi connectivity index (χ4v) is 1.60. The Hall–Kier alpha value is -0.820. The van der Waals surface area contributed by atoms with Gasteiger partial charge in [0.05, 0.1) is 0 Å². The fourth-order valence-electron chi connectivity index (χ4n) is 1.60. The minimum absolute atomic E-state index is 0.771. The van der Waals surface area contributed by atoms with E-state index in [4.69, 9.17) is 0 Å². The number of hydrogen-bond donors (Lipinski definition) is 1. The van der Waals surface area contributed by atoms with Crippen LogP contribution in [0.5, 0.6) is 0 Å². The van der Waals surface area contributed by atoms with Gasteiger partial charge < -0.3 is 5.32 Å². The third-order valence-electron chi connectivity index (χ3n) is 2.44. The van der Waals surface area contributed by atoms with Crippen LogP contribution < -0.4 is 5.32 Å². The van der Waals surface area contributed by atoms with E-state index in [1.807, 2.05) is 7.05 Å². The van der Waals surface area contributed by atoms with Crippen LogP contribution in [0, 0.1) is 5.92 Å². The van der Waals surface area contributed by atoms with Crippen molar-refractivity contribution in [2.75, 3.05) is 13.6 Å². The van der Waals surface area contributed by atoms with Gasteiger partial charge in [-0.1, -0.05) is 43.7 Å². The Bertz CT molecular complexity index is 218. The average molecular weight is 177 g/mol. The second kappa shape index (κ2) is 5.76. The second-order valence-electron chi connectivity index (χ2n) is 3.52. The third kappa shape index (κ3) is 3.60. The maximum absolute atomic E-state index is 3.24. The molecule has 1 aromatic carbocycles. The molecule has 72 valence electrons. The van der Waals surface area contributed by atoms with Crippen LogP contribution in [0.4, 0.5) is 0 Å². The first kappa shape index (κ1) is 10.3. The Morgan fingerprint density at radius 2 is 1.92 bits per heavy atom. The first-order valence-electron chi connectivity index (χ1n) is 5.05. The van der Waals surface area contributed by atoms with Crippen LogP contribution in [-0.2, 0) is 6.42 Å². The lowest BCUT2D eigenvalue weighted by Gasteiger charge is -2.13. The van der Waals surface area contributed by atoms with Gasteiger partial charge in [-0.2, -0.15) is 0 Å². The predicted molar refractivity (Wildman–Crippen MR) is 57.9 cm³/mol. The lowest BCUT2D eigenvalue weighted by molar-refractivity contribution is 0.481. The smallest absolute Gasteiger partial charge is 0.00204 e. The van der Waals surface area contributed by atoms with Crippen LogP contribution in [0.25, 0.3) is 0 Å². The summed E-state index contributed by atoms with van der Waals surface area (Å²) in [6, 6.07) is 10.7. The van der Waals surface area contributed by atoms with Gasteiger partial charge in [0.25, 0.3) is 0 Å². The number of rotatable bonds is 5. The van der Waals surface area contributed by atoms with E-state index < -0.39 is 0 Å². The quantitative estimate of drug-likeness (QED) is 0.728. The van der Waals surface area contributed by atoms with Crippen LogP contribution in [0.2, 0.25) is 0 Å². The molecule has 0 aromatic heterocycles. The highest BCUT2D eigenvalue weighted by Gasteiger charge is 2.05. The summed E-state index contributed by atoms with van der Waals surface area (Å²) in [6.45, 7) is 3.37. The second-order valence-corrected chi connectivity index (χ2v) is 3.52. The molecule has 13 heavy (non-hydrogen) atoms. The topological polar surface area (TPSA) is 12.0 Å². The van der Waals surface area contributed by atoms with Gasteiger partial charge in [0.2, 0.25) is 0 Å². The van der Waals surface area contributed by atoms with E-state index in [1.165, 1.54) is 18.4 Å². The zero-order chi connectivity index (χ0) is 9.52. The van der Waals surface area contributed by atoms with Gasteiger partial charge in [-0.15, -0.1) is 0 Å². The predicted octanol–water partition coefficient (Wildman–Crippen LogP) is 2.47. The molecule has 1 nitrogen and oxygen atoms in total. The maximum atomic E-state index is 3.24. The van der Waals surface area contributed by atoms with E-state index in [0.717, 1.165) is 12.5 Å². The third-order valence-corrected chi connectivity index (χ3v) is 2.44. The summed E-state index contributed by atoms with van der Waals surface area (Å²) in [6.07, 6.45) is 2.44. The Balaban J connectivity index is 2.46. The molecule has 0 aliphatic heterocycles. The van der Waals surface area contributed by atoms with Gasteiger partial charge >= 0.3 is 0 Å². The van der Waals surface area contributed by atoms with Crippen molar-refractivity contribution in [2.45, 2.75) is 19.8 Å². The van der Waals surface area contributed by atoms with Crippen molar-refractivity contribution >= 4 is 0 Å². The molecule has 0 heterocycles. The zero-order valence-corrected chi connectivity index (χ0v) is 8.59. The van der Waals surface area contributed by atoms with E-state index in [9.17, 15) is 0 Å². The van der Waals surface area contributed by atoms with Gasteiger partial charge in [-0.3, -0.25) is 0 Å². The molecule has 0 fully saturated rings. The van der Waals surface area contributed by atoms with E-state index in [0.29, 0.717) is 0 Å². The van der Waals surface area contributed by atoms with E-state index in [2.05, 4.69) is 42.6 Å². The molecule has 1 unspecified atom stereocenters. The molecule has 1 aromatic rings. The zero-order valence-electron chi connectivity index (χ0n) is 8.59. The summed E-state index contributed by atoms with van der Waals surface area (Å²) in [7, 11) is 2.02. The van der Waals surface area contributed by atoms with Gasteiger partial charge in [0, 0.05) is 0 Å². The summed E-state index contributed by atoms with van der Waals surface area (Å²) in [5, 5.41) is 3.24. The SMILES string of the molecule is CCC(CNC)Cc1ccccc1. The average Bonchev–Trinajstić information content (AvgIpc) is 2.19. The summed E-state index contributed by atoms with van der Waals surface area (Å²) in [5.41, 5.74) is 1.45. The number of hydrogen-bond acceptors (Lipinski definition) is 1. The summed E-state index contributed by atoms with van der Waals surface area (Å²) < 4.78 is 0. The Kier molecular flexibility index (Phi) is 4.55. The van der Waals surface area contributed by atoms with E-state index >= 15 is 0 Å². The Morgan fingerprint density at radius 3 is 2.46 bits per heavy atom. The lowest BCUT2D eigenvalue weighted by atomic mass is 9.97. The number of benzene rings is 1. The molecule has 1 heteroatoms. The van der Waals surface area contributed by atoms with Gasteiger partial charge in [-0.25, -0.2) is 0 Å². The van der Waals surface area contributed by atoms with Crippen LogP contribution in [0.1, 0.15) is 18.9 Å². The summed E-state index contributed by atoms with van der Waals surface area (Å²) in [4.78, 5) is 0. The van der Waals surface area contributed by atoms with Crippen LogP contribution >= 0.6 is 0 Å². The molecule has 0 aliphatic rings. The highest BCUT2D eigenvalue weighted by molar-refractivity contribution is 5.15. The molecule has 0 bridgehead atoms. The highest BCUT2D eigenvalue weighted by Crippen LogP contribution is 2.10. The molecule has 0 amide bonds. The molecule has 0 radical (unpaired) electrons. The molecular formula is C12H19N. The Morgan fingerprint density at radius 1 is 1.23 bits per heavy atom. The summed E-state index contributed by atoms with van der Waals surface area (Å²) in [5.74, 6) is 0.771. The standard InChI is InChI=1S/C12H19N/c1-3-11(10-13-2)9-12-7-5-4-6-8-12/h4-8,11,13H,3,9-10H2,1-2H3. The van der Waals surface area contributed by atoms with Crippen LogP contribution in [0.15, 0.2) is 30.3 Å². The highest BCUT2D eigenvalue weighted by atomic mass is 14.8. The molecule has 1 N–H and O–H groups in total. The van der Waals surface area contributed by atoms with Crippen molar-refractivity contribution in [2.24, 2.45) is 5.92 Å². The fraction of sp³-hybridized carbons (Fsp3) is 0.500. The lowest BCUT2D eigenvalue weighted by Crippen LogP contribution is -2.19. The normalized spacial score (nSPS) is 12.8. The van der Waals surface area contributed by atoms with Crippen LogP contribution in [-0.4, -0.2) is 13.6 Å². The minimum Gasteiger partial charge on any atom is -0.319 e. The van der Waals surface area contributed by atoms with E-state index in [-0.39, 0.29) is 0 Å². The monoisotopic (exact) mass is 177 g/mol.